The summed E-state index contributed by atoms with van der Waals surface area (Å²) in [6.07, 6.45) is 0. The molecule has 18 heavy (non-hydrogen) atoms. The van der Waals surface area contributed by atoms with Gasteiger partial charge in [0, 0.05) is 0 Å². The van der Waals surface area contributed by atoms with E-state index in [0.717, 1.165) is 0 Å². The molecule has 0 fully saturated rings. The molecule has 5 nitrogen and oxygen atoms in total. The van der Waals surface area contributed by atoms with Crippen molar-refractivity contribution < 1.29 is 24.1 Å². The van der Waals surface area contributed by atoms with E-state index < -0.39 is 11.6 Å². The highest BCUT2D eigenvalue weighted by Crippen LogP contribution is 2.34. The number of carbonyl (C=O) groups excluding carboxylic acids is 1. The fourth-order valence-electron chi connectivity index (χ4n) is 1.74. The van der Waals surface area contributed by atoms with Gasteiger partial charge in [-0.1, -0.05) is 6.07 Å². The van der Waals surface area contributed by atoms with Crippen LogP contribution >= 0.6 is 0 Å². The van der Waals surface area contributed by atoms with Gasteiger partial charge < -0.3 is 19.3 Å². The third-order valence-electron chi connectivity index (χ3n) is 2.78. The molecule has 0 aliphatic carbocycles. The maximum absolute atomic E-state index is 11.7. The smallest absolute Gasteiger partial charge is 0.342 e. The lowest BCUT2D eigenvalue weighted by molar-refractivity contribution is -0.164. The van der Waals surface area contributed by atoms with E-state index in [1.54, 1.807) is 25.1 Å². The van der Waals surface area contributed by atoms with Crippen molar-refractivity contribution in [3.63, 3.8) is 0 Å². The summed E-state index contributed by atoms with van der Waals surface area (Å²) in [5, 5.41) is 10.2. The highest BCUT2D eigenvalue weighted by atomic mass is 16.6. The van der Waals surface area contributed by atoms with Crippen LogP contribution in [0.4, 0.5) is 0 Å². The molecule has 98 valence electrons. The Morgan fingerprint density at radius 1 is 1.39 bits per heavy atom. The number of esters is 1. The number of hydrogen-bond acceptors (Lipinski definition) is 5. The predicted molar refractivity (Wildman–Crippen MR) is 63.6 cm³/mol. The van der Waals surface area contributed by atoms with Gasteiger partial charge in [-0.25, -0.2) is 4.79 Å². The molecule has 0 aromatic heterocycles. The van der Waals surface area contributed by atoms with Crippen LogP contribution in [0.25, 0.3) is 0 Å². The highest BCUT2D eigenvalue weighted by Gasteiger charge is 2.35. The first-order chi connectivity index (χ1) is 8.55. The molecule has 1 aromatic rings. The second-order valence-corrected chi connectivity index (χ2v) is 4.15. The number of aliphatic hydroxyl groups is 1. The minimum absolute atomic E-state index is 0.222. The van der Waals surface area contributed by atoms with Crippen molar-refractivity contribution in [3.8, 4) is 11.5 Å². The van der Waals surface area contributed by atoms with Crippen LogP contribution in [0.3, 0.4) is 0 Å². The third kappa shape index (κ3) is 2.26. The fraction of sp³-hybridized carbons (Fsp3) is 0.462. The molecule has 1 aromatic carbocycles. The lowest BCUT2D eigenvalue weighted by Crippen LogP contribution is -2.34. The fourth-order valence-corrected chi connectivity index (χ4v) is 1.74. The van der Waals surface area contributed by atoms with Crippen LogP contribution in [0.2, 0.25) is 0 Å². The van der Waals surface area contributed by atoms with Crippen molar-refractivity contribution in [2.24, 2.45) is 0 Å². The van der Waals surface area contributed by atoms with Gasteiger partial charge in [-0.05, 0) is 31.5 Å². The second-order valence-electron chi connectivity index (χ2n) is 4.15. The zero-order valence-electron chi connectivity index (χ0n) is 10.4. The first-order valence-corrected chi connectivity index (χ1v) is 5.85. The van der Waals surface area contributed by atoms with Crippen LogP contribution in [-0.4, -0.2) is 30.9 Å². The predicted octanol–water partition coefficient (Wildman–Crippen LogP) is 1.23. The van der Waals surface area contributed by atoms with E-state index in [0.29, 0.717) is 30.3 Å². The Morgan fingerprint density at radius 2 is 2.06 bits per heavy atom. The normalized spacial score (nSPS) is 16.8. The van der Waals surface area contributed by atoms with Gasteiger partial charge in [-0.15, -0.1) is 0 Å². The molecule has 5 heteroatoms. The molecule has 0 amide bonds. The quantitative estimate of drug-likeness (QED) is 0.820. The lowest BCUT2D eigenvalue weighted by atomic mass is 9.95. The number of carbonyl (C=O) groups is 1. The van der Waals surface area contributed by atoms with E-state index in [2.05, 4.69) is 0 Å². The van der Waals surface area contributed by atoms with Gasteiger partial charge in [0.2, 0.25) is 0 Å². The van der Waals surface area contributed by atoms with Crippen LogP contribution in [-0.2, 0) is 15.1 Å². The van der Waals surface area contributed by atoms with Crippen LogP contribution in [0.15, 0.2) is 18.2 Å². The van der Waals surface area contributed by atoms with Gasteiger partial charge in [0.1, 0.15) is 13.2 Å². The van der Waals surface area contributed by atoms with E-state index in [-0.39, 0.29) is 6.61 Å². The van der Waals surface area contributed by atoms with Gasteiger partial charge in [0.15, 0.2) is 17.1 Å². The molecular weight excluding hydrogens is 236 g/mol. The summed E-state index contributed by atoms with van der Waals surface area (Å²) in [5.41, 5.74) is -1.27. The minimum Gasteiger partial charge on any atom is -0.486 e. The summed E-state index contributed by atoms with van der Waals surface area (Å²) >= 11 is 0. The van der Waals surface area contributed by atoms with E-state index >= 15 is 0 Å². The Bertz CT molecular complexity index is 453. The molecule has 0 bridgehead atoms. The van der Waals surface area contributed by atoms with Gasteiger partial charge >= 0.3 is 5.97 Å². The summed E-state index contributed by atoms with van der Waals surface area (Å²) < 4.78 is 15.6. The Kier molecular flexibility index (Phi) is 3.43. The van der Waals surface area contributed by atoms with E-state index in [1.165, 1.54) is 6.92 Å². The summed E-state index contributed by atoms with van der Waals surface area (Å²) in [7, 11) is 0. The first-order valence-electron chi connectivity index (χ1n) is 5.85. The molecule has 0 radical (unpaired) electrons. The molecule has 2 rings (SSSR count). The van der Waals surface area contributed by atoms with Crippen molar-refractivity contribution in [1.82, 2.24) is 0 Å². The molecule has 1 aliphatic heterocycles. The van der Waals surface area contributed by atoms with Crippen molar-refractivity contribution in [2.75, 3.05) is 19.8 Å². The number of fused-ring (bicyclic) bond motifs is 1. The molecule has 0 saturated heterocycles. The number of ether oxygens (including phenoxy) is 3. The Balaban J connectivity index is 2.30. The van der Waals surface area contributed by atoms with E-state index in [1.807, 2.05) is 0 Å². The summed E-state index contributed by atoms with van der Waals surface area (Å²) in [6.45, 7) is 4.27. The second kappa shape index (κ2) is 4.86. The summed E-state index contributed by atoms with van der Waals surface area (Å²) in [6, 6.07) is 4.91. The maximum atomic E-state index is 11.7. The molecule has 1 heterocycles. The average molecular weight is 252 g/mol. The standard InChI is InChI=1S/C13H16O5/c1-3-16-12(14)13(2,15)9-4-5-10-11(8-9)18-7-6-17-10/h4-5,8,15H,3,6-7H2,1-2H3. The number of rotatable bonds is 3. The van der Waals surface area contributed by atoms with Crippen LogP contribution in [0.5, 0.6) is 11.5 Å². The van der Waals surface area contributed by atoms with Crippen molar-refractivity contribution >= 4 is 5.97 Å². The lowest BCUT2D eigenvalue weighted by Gasteiger charge is -2.24. The van der Waals surface area contributed by atoms with E-state index in [9.17, 15) is 9.90 Å². The highest BCUT2D eigenvalue weighted by molar-refractivity contribution is 5.80. The molecule has 1 unspecified atom stereocenters. The Morgan fingerprint density at radius 3 is 2.72 bits per heavy atom. The average Bonchev–Trinajstić information content (AvgIpc) is 2.38. The number of hydrogen-bond donors (Lipinski definition) is 1. The molecule has 1 aliphatic rings. The van der Waals surface area contributed by atoms with Crippen molar-refractivity contribution in [2.45, 2.75) is 19.4 Å². The summed E-state index contributed by atoms with van der Waals surface area (Å²) in [5.74, 6) is 0.467. The molecule has 0 saturated carbocycles. The number of benzene rings is 1. The molecule has 1 atom stereocenters. The van der Waals surface area contributed by atoms with Gasteiger partial charge in [-0.2, -0.15) is 0 Å². The summed E-state index contributed by atoms with van der Waals surface area (Å²) in [4.78, 5) is 11.7. The van der Waals surface area contributed by atoms with Crippen LogP contribution < -0.4 is 9.47 Å². The van der Waals surface area contributed by atoms with Crippen molar-refractivity contribution in [3.05, 3.63) is 23.8 Å². The Labute approximate surface area is 105 Å². The van der Waals surface area contributed by atoms with Crippen LogP contribution in [0.1, 0.15) is 19.4 Å². The van der Waals surface area contributed by atoms with E-state index in [4.69, 9.17) is 14.2 Å². The maximum Gasteiger partial charge on any atom is 0.342 e. The minimum atomic E-state index is -1.69. The largest absolute Gasteiger partial charge is 0.486 e. The van der Waals surface area contributed by atoms with Crippen molar-refractivity contribution in [1.29, 1.82) is 0 Å². The molecule has 0 spiro atoms. The molecule has 1 N–H and O–H groups in total. The van der Waals surface area contributed by atoms with Gasteiger partial charge in [-0.3, -0.25) is 0 Å². The molecular formula is C13H16O5. The van der Waals surface area contributed by atoms with Crippen LogP contribution in [0, 0.1) is 0 Å². The Hall–Kier alpha value is -1.75. The zero-order chi connectivity index (χ0) is 13.2. The zero-order valence-corrected chi connectivity index (χ0v) is 10.4. The van der Waals surface area contributed by atoms with Gasteiger partial charge in [0.05, 0.1) is 6.61 Å². The monoisotopic (exact) mass is 252 g/mol. The van der Waals surface area contributed by atoms with Gasteiger partial charge in [0.25, 0.3) is 0 Å². The third-order valence-corrected chi connectivity index (χ3v) is 2.78. The first kappa shape index (κ1) is 12.7. The topological polar surface area (TPSA) is 65.0 Å². The SMILES string of the molecule is CCOC(=O)C(C)(O)c1ccc2c(c1)OCCO2.